The molecule has 0 spiro atoms. The number of rotatable bonds is 4. The van der Waals surface area contributed by atoms with Crippen molar-refractivity contribution in [3.63, 3.8) is 0 Å². The smallest absolute Gasteiger partial charge is 0.311 e. The van der Waals surface area contributed by atoms with Crippen LogP contribution in [0, 0.1) is 5.92 Å². The van der Waals surface area contributed by atoms with E-state index in [0.29, 0.717) is 17.5 Å². The Balaban J connectivity index is 1.62. The molecule has 0 saturated heterocycles. The van der Waals surface area contributed by atoms with Crippen LogP contribution in [0.2, 0.25) is 0 Å². The van der Waals surface area contributed by atoms with Crippen molar-refractivity contribution in [2.75, 3.05) is 12.4 Å². The zero-order chi connectivity index (χ0) is 18.1. The maximum absolute atomic E-state index is 12.2. The van der Waals surface area contributed by atoms with E-state index in [1.807, 2.05) is 12.1 Å². The third-order valence-corrected chi connectivity index (χ3v) is 5.08. The number of aromatic nitrogens is 3. The molecule has 7 heteroatoms. The molecular weight excluding hydrogens is 332 g/mol. The van der Waals surface area contributed by atoms with Crippen LogP contribution in [0.15, 0.2) is 35.2 Å². The minimum absolute atomic E-state index is 0.0131. The van der Waals surface area contributed by atoms with Crippen LogP contribution in [0.4, 0.5) is 5.69 Å². The Morgan fingerprint density at radius 2 is 2.12 bits per heavy atom. The van der Waals surface area contributed by atoms with Gasteiger partial charge in [-0.25, -0.2) is 4.98 Å². The van der Waals surface area contributed by atoms with Crippen molar-refractivity contribution in [2.24, 2.45) is 5.92 Å². The van der Waals surface area contributed by atoms with Crippen molar-refractivity contribution >= 4 is 22.5 Å². The number of carbonyl (C=O) groups is 1. The summed E-state index contributed by atoms with van der Waals surface area (Å²) in [5, 5.41) is 8.49. The molecule has 1 saturated carbocycles. The number of nitrogens with one attached hydrogen (secondary N) is 1. The molecule has 26 heavy (non-hydrogen) atoms. The lowest BCUT2D eigenvalue weighted by Gasteiger charge is -2.26. The summed E-state index contributed by atoms with van der Waals surface area (Å²) in [4.78, 5) is 16.1. The molecule has 0 bridgehead atoms. The predicted octanol–water partition coefficient (Wildman–Crippen LogP) is 4.04. The molecule has 0 atom stereocenters. The Morgan fingerprint density at radius 1 is 1.31 bits per heavy atom. The lowest BCUT2D eigenvalue weighted by molar-refractivity contribution is 0.0990. The van der Waals surface area contributed by atoms with Gasteiger partial charge in [-0.2, -0.15) is 5.10 Å². The zero-order valence-corrected chi connectivity index (χ0v) is 14.9. The average molecular weight is 354 g/mol. The van der Waals surface area contributed by atoms with Crippen LogP contribution in [0.25, 0.3) is 10.9 Å². The highest BCUT2D eigenvalue weighted by atomic mass is 16.5. The van der Waals surface area contributed by atoms with Crippen molar-refractivity contribution in [1.29, 1.82) is 0 Å². The highest BCUT2D eigenvalue weighted by Gasteiger charge is 2.21. The average Bonchev–Trinajstić information content (AvgIpc) is 3.31. The summed E-state index contributed by atoms with van der Waals surface area (Å²) in [5.74, 6) is 0.953. The van der Waals surface area contributed by atoms with Crippen molar-refractivity contribution < 1.29 is 13.9 Å². The van der Waals surface area contributed by atoms with E-state index in [2.05, 4.69) is 28.1 Å². The summed E-state index contributed by atoms with van der Waals surface area (Å²) in [6, 6.07) is 4.17. The van der Waals surface area contributed by atoms with Gasteiger partial charge in [-0.1, -0.05) is 6.92 Å². The fourth-order valence-electron chi connectivity index (χ4n) is 3.54. The molecule has 1 fully saturated rings. The first-order chi connectivity index (χ1) is 12.6. The third kappa shape index (κ3) is 3.16. The molecule has 0 radical (unpaired) electrons. The normalized spacial score (nSPS) is 20.2. The van der Waals surface area contributed by atoms with E-state index in [-0.39, 0.29) is 5.89 Å². The van der Waals surface area contributed by atoms with Gasteiger partial charge in [-0.3, -0.25) is 9.48 Å². The second-order valence-electron chi connectivity index (χ2n) is 6.93. The van der Waals surface area contributed by atoms with Gasteiger partial charge < -0.3 is 14.5 Å². The summed E-state index contributed by atoms with van der Waals surface area (Å²) in [6.07, 6.45) is 9.63. The molecule has 3 aromatic rings. The molecule has 1 aromatic carbocycles. The summed E-state index contributed by atoms with van der Waals surface area (Å²) in [6.45, 7) is 2.31. The van der Waals surface area contributed by atoms with Crippen LogP contribution >= 0.6 is 0 Å². The first-order valence-electron chi connectivity index (χ1n) is 8.92. The first kappa shape index (κ1) is 16.6. The molecule has 7 nitrogen and oxygen atoms in total. The lowest BCUT2D eigenvalue weighted by Crippen LogP contribution is -2.16. The Morgan fingerprint density at radius 3 is 2.81 bits per heavy atom. The third-order valence-electron chi connectivity index (χ3n) is 5.08. The highest BCUT2D eigenvalue weighted by molar-refractivity contribution is 6.03. The Bertz CT molecular complexity index is 908. The van der Waals surface area contributed by atoms with Crippen LogP contribution < -0.4 is 10.1 Å². The second kappa shape index (κ2) is 6.82. The number of ether oxygens (including phenoxy) is 1. The van der Waals surface area contributed by atoms with Gasteiger partial charge in [-0.05, 0) is 37.7 Å². The number of carbonyl (C=O) groups excluding carboxylic acids is 1. The molecule has 2 aromatic heterocycles. The van der Waals surface area contributed by atoms with Crippen molar-refractivity contribution in [3.05, 3.63) is 36.7 Å². The van der Waals surface area contributed by atoms with Crippen LogP contribution in [-0.2, 0) is 0 Å². The van der Waals surface area contributed by atoms with E-state index in [9.17, 15) is 4.79 Å². The molecule has 2 heterocycles. The molecular formula is C19H22N4O3. The topological polar surface area (TPSA) is 82.2 Å². The molecule has 0 aliphatic heterocycles. The van der Waals surface area contributed by atoms with Crippen LogP contribution in [0.5, 0.6) is 5.75 Å². The van der Waals surface area contributed by atoms with Gasteiger partial charge in [0.05, 0.1) is 30.6 Å². The largest absolute Gasteiger partial charge is 0.494 e. The minimum atomic E-state index is -0.415. The number of methoxy groups -OCH3 is 1. The number of fused-ring (bicyclic) bond motifs is 1. The number of hydrogen-bond acceptors (Lipinski definition) is 5. The molecule has 4 rings (SSSR count). The van der Waals surface area contributed by atoms with Crippen LogP contribution in [0.3, 0.4) is 0 Å². The van der Waals surface area contributed by atoms with Gasteiger partial charge in [0.25, 0.3) is 5.89 Å². The predicted molar refractivity (Wildman–Crippen MR) is 97.4 cm³/mol. The van der Waals surface area contributed by atoms with Crippen molar-refractivity contribution in [2.45, 2.75) is 38.6 Å². The fraction of sp³-hybridized carbons (Fsp3) is 0.421. The molecule has 1 N–H and O–H groups in total. The van der Waals surface area contributed by atoms with Crippen LogP contribution in [0.1, 0.15) is 49.3 Å². The van der Waals surface area contributed by atoms with E-state index in [1.54, 1.807) is 7.11 Å². The number of nitrogens with zero attached hydrogens (tertiary/aromatic N) is 3. The molecule has 1 aliphatic carbocycles. The molecule has 1 amide bonds. The number of oxazole rings is 1. The van der Waals surface area contributed by atoms with E-state index >= 15 is 0 Å². The van der Waals surface area contributed by atoms with Gasteiger partial charge >= 0.3 is 5.91 Å². The van der Waals surface area contributed by atoms with E-state index in [4.69, 9.17) is 14.3 Å². The summed E-state index contributed by atoms with van der Waals surface area (Å²) >= 11 is 0. The van der Waals surface area contributed by atoms with Gasteiger partial charge in [0.2, 0.25) is 0 Å². The summed E-state index contributed by atoms with van der Waals surface area (Å²) < 4.78 is 12.5. The monoisotopic (exact) mass is 354 g/mol. The molecule has 136 valence electrons. The summed E-state index contributed by atoms with van der Waals surface area (Å²) in [5.41, 5.74) is 1.43. The maximum Gasteiger partial charge on any atom is 0.311 e. The molecule has 0 unspecified atom stereocenters. The van der Waals surface area contributed by atoms with Gasteiger partial charge in [-0.15, -0.1) is 0 Å². The number of benzene rings is 1. The molecule has 1 aliphatic rings. The quantitative estimate of drug-likeness (QED) is 0.765. The van der Waals surface area contributed by atoms with Crippen molar-refractivity contribution in [1.82, 2.24) is 14.8 Å². The van der Waals surface area contributed by atoms with E-state index in [1.165, 1.54) is 25.3 Å². The van der Waals surface area contributed by atoms with E-state index in [0.717, 1.165) is 29.7 Å². The van der Waals surface area contributed by atoms with Gasteiger partial charge in [0.15, 0.2) is 0 Å². The van der Waals surface area contributed by atoms with Crippen LogP contribution in [-0.4, -0.2) is 27.8 Å². The number of anilines is 1. The number of hydrogen-bond donors (Lipinski definition) is 1. The van der Waals surface area contributed by atoms with Gasteiger partial charge in [0, 0.05) is 17.6 Å². The lowest BCUT2D eigenvalue weighted by atomic mass is 9.87. The van der Waals surface area contributed by atoms with E-state index < -0.39 is 5.91 Å². The number of amides is 1. The van der Waals surface area contributed by atoms with Gasteiger partial charge in [0.1, 0.15) is 12.0 Å². The zero-order valence-electron chi connectivity index (χ0n) is 14.9. The Labute approximate surface area is 151 Å². The fourth-order valence-corrected chi connectivity index (χ4v) is 3.54. The first-order valence-corrected chi connectivity index (χ1v) is 8.92. The standard InChI is InChI=1S/C19H22N4O3/c1-12-3-5-14(6-4-12)23-11-13-9-16(17(25-2)10-15(13)22-23)21-18(24)19-20-7-8-26-19/h7-12,14H,3-6H2,1-2H3,(H,21,24). The SMILES string of the molecule is COc1cc2nn(C3CCC(C)CC3)cc2cc1NC(=O)c1ncco1. The summed E-state index contributed by atoms with van der Waals surface area (Å²) in [7, 11) is 1.57. The Kier molecular flexibility index (Phi) is 4.36. The Hall–Kier alpha value is -2.83. The second-order valence-corrected chi connectivity index (χ2v) is 6.93. The maximum atomic E-state index is 12.2. The highest BCUT2D eigenvalue weighted by Crippen LogP contribution is 2.34. The minimum Gasteiger partial charge on any atom is -0.494 e. The van der Waals surface area contributed by atoms with Crippen molar-refractivity contribution in [3.8, 4) is 5.75 Å².